The van der Waals surface area contributed by atoms with Gasteiger partial charge in [0.15, 0.2) is 0 Å². The van der Waals surface area contributed by atoms with Crippen LogP contribution in [0, 0.1) is 39.9 Å². The maximum absolute atomic E-state index is 8.50. The van der Waals surface area contributed by atoms with Gasteiger partial charge >= 0.3 is 164 Å². The van der Waals surface area contributed by atoms with Gasteiger partial charge in [0.2, 0.25) is 0 Å². The molecular formula is H9GdGe6O6. The topological polar surface area (TPSA) is 120 Å². The zero-order valence-corrected chi connectivity index (χ0v) is 28.5. The molecule has 13 heteroatoms. The van der Waals surface area contributed by atoms with Crippen molar-refractivity contribution in [2.45, 2.75) is 0 Å². The molecule has 77 valence electrons. The Balaban J connectivity index is -0.00000000720. The predicted molar refractivity (Wildman–Crippen MR) is 49.1 cm³/mol. The molecule has 0 aromatic rings. The van der Waals surface area contributed by atoms with E-state index in [1.54, 1.807) is 0 Å². The third-order valence-corrected chi connectivity index (χ3v) is 0. The van der Waals surface area contributed by atoms with Gasteiger partial charge in [0.25, 0.3) is 0 Å². The molecule has 0 fully saturated rings. The summed E-state index contributed by atoms with van der Waals surface area (Å²) in [5.74, 6) is 0. The van der Waals surface area contributed by atoms with Crippen molar-refractivity contribution in [3.63, 3.8) is 0 Å². The molecule has 0 aliphatic heterocycles. The van der Waals surface area contributed by atoms with Crippen LogP contribution in [0.1, 0.15) is 0 Å². The Bertz CT molecular complexity index is 53.9. The van der Waals surface area contributed by atoms with Crippen LogP contribution in [0.5, 0.6) is 0 Å². The zero-order chi connectivity index (χ0) is 8.12. The molecule has 0 aromatic heterocycles. The predicted octanol–water partition coefficient (Wildman–Crippen LogP) is -8.62. The molecule has 0 rings (SSSR count). The second-order valence-electron chi connectivity index (χ2n) is 0.250. The van der Waals surface area contributed by atoms with Crippen LogP contribution < -0.4 is 12.4 Å². The van der Waals surface area contributed by atoms with E-state index in [1.807, 2.05) is 0 Å². The Labute approximate surface area is 160 Å². The number of hydrogen-bond acceptors (Lipinski definition) is 6. The second-order valence-corrected chi connectivity index (χ2v) is 1.30. The van der Waals surface area contributed by atoms with Crippen LogP contribution in [-0.4, -0.2) is 99.9 Å². The normalized spacial score (nSPS) is 2.77. The van der Waals surface area contributed by atoms with Crippen LogP contribution in [0.25, 0.3) is 0 Å². The molecule has 7 radical (unpaired) electrons. The Morgan fingerprint density at radius 3 is 0.615 bits per heavy atom. The van der Waals surface area contributed by atoms with Gasteiger partial charge in [-0.3, -0.25) is 0 Å². The van der Waals surface area contributed by atoms with Gasteiger partial charge in [0.1, 0.15) is 0 Å². The van der Waals surface area contributed by atoms with Crippen LogP contribution in [0.4, 0.5) is 0 Å². The summed E-state index contributed by atoms with van der Waals surface area (Å²) in [4.78, 5) is 0. The molecule has 0 saturated carbocycles. The standard InChI is InChI=1S/Gd.3GeO2.3GeH3/c;3*2-1-3;;;/h;;;;3*1H3/q+3;3*-1;;;. The summed E-state index contributed by atoms with van der Waals surface area (Å²) in [5.41, 5.74) is 0. The van der Waals surface area contributed by atoms with E-state index in [1.165, 1.54) is 0 Å². The number of hydrogen-bond donors (Lipinski definition) is 0. The summed E-state index contributed by atoms with van der Waals surface area (Å²) in [5, 5.41) is 0. The summed E-state index contributed by atoms with van der Waals surface area (Å²) in [7, 11) is 0. The van der Waals surface area contributed by atoms with Gasteiger partial charge < -0.3 is 0 Å². The van der Waals surface area contributed by atoms with Crippen molar-refractivity contribution in [2.24, 2.45) is 0 Å². The SMILES string of the molecule is [Gd+3].[GeH3].[GeH3].[GeH3].[O]=[Ge][O-].[O]=[Ge][O-].[O]=[Ge][O-]. The molecule has 0 aliphatic rings. The van der Waals surface area contributed by atoms with E-state index >= 15 is 0 Å². The van der Waals surface area contributed by atoms with Crippen molar-refractivity contribution in [1.82, 2.24) is 0 Å². The Morgan fingerprint density at radius 2 is 0.615 bits per heavy atom. The van der Waals surface area contributed by atoms with E-state index in [-0.39, 0.29) is 92.7 Å². The van der Waals surface area contributed by atoms with Crippen molar-refractivity contribution in [1.29, 1.82) is 0 Å². The van der Waals surface area contributed by atoms with Crippen LogP contribution in [-0.2, 0) is 11.3 Å². The summed E-state index contributed by atoms with van der Waals surface area (Å²) in [6.07, 6.45) is 0. The minimum absolute atomic E-state index is 0. The molecule has 0 atom stereocenters. The van der Waals surface area contributed by atoms with Crippen molar-refractivity contribution in [2.75, 3.05) is 0 Å². The summed E-state index contributed by atoms with van der Waals surface area (Å²) < 4.78 is 51.0. The fourth-order valence-corrected chi connectivity index (χ4v) is 0. The first-order chi connectivity index (χ1) is 4.24. The first-order valence-electron chi connectivity index (χ1n) is 1.22. The van der Waals surface area contributed by atoms with E-state index in [4.69, 9.17) is 23.7 Å². The van der Waals surface area contributed by atoms with Crippen molar-refractivity contribution in [3.05, 3.63) is 0 Å². The van der Waals surface area contributed by atoms with Crippen molar-refractivity contribution in [3.8, 4) is 0 Å². The zero-order valence-electron chi connectivity index (χ0n) is 7.30. The quantitative estimate of drug-likeness (QED) is 0.232. The fraction of sp³-hybridized carbons (Fsp3) is 0. The molecule has 0 bridgehead atoms. The first-order valence-corrected chi connectivity index (χ1v) is 6.36. The molecule has 0 N–H and O–H groups in total. The Hall–Kier alpha value is 3.38. The molecule has 0 aromatic carbocycles. The van der Waals surface area contributed by atoms with Crippen molar-refractivity contribution < 1.29 is 63.7 Å². The molecular weight excluding hydrogens is 689 g/mol. The molecule has 6 nitrogen and oxygen atoms in total. The summed E-state index contributed by atoms with van der Waals surface area (Å²) in [6, 6.07) is 0. The van der Waals surface area contributed by atoms with Crippen LogP contribution in [0.2, 0.25) is 0 Å². The minimum atomic E-state index is -2.00. The second kappa shape index (κ2) is 78.1. The first kappa shape index (κ1) is 44.0. The molecule has 0 heterocycles. The molecule has 0 saturated heterocycles. The van der Waals surface area contributed by atoms with Gasteiger partial charge in [-0.15, -0.1) is 0 Å². The van der Waals surface area contributed by atoms with E-state index in [9.17, 15) is 0 Å². The summed E-state index contributed by atoms with van der Waals surface area (Å²) >= 11 is -6.00. The fourth-order valence-electron chi connectivity index (χ4n) is 0. The van der Waals surface area contributed by atoms with Gasteiger partial charge in [0.05, 0.1) is 0 Å². The van der Waals surface area contributed by atoms with E-state index in [0.29, 0.717) is 0 Å². The molecule has 0 aliphatic carbocycles. The van der Waals surface area contributed by atoms with E-state index in [2.05, 4.69) is 0 Å². The molecule has 0 spiro atoms. The van der Waals surface area contributed by atoms with Crippen molar-refractivity contribution >= 4 is 99.9 Å². The van der Waals surface area contributed by atoms with Gasteiger partial charge in [-0.2, -0.15) is 0 Å². The van der Waals surface area contributed by atoms with Crippen LogP contribution in [0.3, 0.4) is 0 Å². The molecule has 0 unspecified atom stereocenters. The average Bonchev–Trinajstić information content (AvgIpc) is 1.70. The van der Waals surface area contributed by atoms with Gasteiger partial charge in [-0.1, -0.05) is 0 Å². The monoisotopic (exact) mass is 706 g/mol. The van der Waals surface area contributed by atoms with Crippen LogP contribution in [0.15, 0.2) is 0 Å². The Morgan fingerprint density at radius 1 is 0.615 bits per heavy atom. The van der Waals surface area contributed by atoms with Gasteiger partial charge in [-0.05, 0) is 0 Å². The van der Waals surface area contributed by atoms with Gasteiger partial charge in [-0.25, -0.2) is 0 Å². The van der Waals surface area contributed by atoms with Crippen LogP contribution >= 0.6 is 0 Å². The molecule has 13 heavy (non-hydrogen) atoms. The van der Waals surface area contributed by atoms with E-state index in [0.717, 1.165) is 0 Å². The van der Waals surface area contributed by atoms with Gasteiger partial charge in [0, 0.05) is 0 Å². The summed E-state index contributed by atoms with van der Waals surface area (Å²) in [6.45, 7) is 0. The third kappa shape index (κ3) is 241. The average molecular weight is 698 g/mol. The number of rotatable bonds is 0. The van der Waals surface area contributed by atoms with E-state index < -0.39 is 47.1 Å². The maximum atomic E-state index is 8.50. The third-order valence-electron chi connectivity index (χ3n) is 0. The Kier molecular flexibility index (Phi) is 265. The molecule has 0 amide bonds.